The SMILES string of the molecule is CCN(CC)S(=O)(=O)c1ccc(C(=O)/C=C/c2cccc(F)c2)cc1. The average molecular weight is 361 g/mol. The van der Waals surface area contributed by atoms with Crippen LogP contribution in [-0.2, 0) is 10.0 Å². The molecule has 0 aromatic heterocycles. The first-order chi connectivity index (χ1) is 11.9. The van der Waals surface area contributed by atoms with Gasteiger partial charge in [-0.2, -0.15) is 4.31 Å². The van der Waals surface area contributed by atoms with E-state index < -0.39 is 10.0 Å². The Hall–Kier alpha value is -2.31. The molecular formula is C19H20FNO3S. The van der Waals surface area contributed by atoms with Gasteiger partial charge in [-0.25, -0.2) is 12.8 Å². The molecule has 2 aromatic rings. The zero-order valence-electron chi connectivity index (χ0n) is 14.1. The first-order valence-corrected chi connectivity index (χ1v) is 9.40. The maximum Gasteiger partial charge on any atom is 0.243 e. The molecule has 0 aliphatic rings. The molecule has 0 saturated carbocycles. The third-order valence-corrected chi connectivity index (χ3v) is 5.82. The molecule has 0 fully saturated rings. The van der Waals surface area contributed by atoms with E-state index in [1.54, 1.807) is 26.0 Å². The van der Waals surface area contributed by atoms with E-state index in [-0.39, 0.29) is 16.5 Å². The molecule has 0 bridgehead atoms. The number of carbonyl (C=O) groups excluding carboxylic acids is 1. The summed E-state index contributed by atoms with van der Waals surface area (Å²) in [6, 6.07) is 11.7. The monoisotopic (exact) mass is 361 g/mol. The summed E-state index contributed by atoms with van der Waals surface area (Å²) in [5.41, 5.74) is 0.945. The predicted molar refractivity (Wildman–Crippen MR) is 96.3 cm³/mol. The maximum atomic E-state index is 13.1. The van der Waals surface area contributed by atoms with Gasteiger partial charge in [-0.1, -0.05) is 32.1 Å². The Labute approximate surface area is 147 Å². The summed E-state index contributed by atoms with van der Waals surface area (Å²) in [4.78, 5) is 12.3. The van der Waals surface area contributed by atoms with Gasteiger partial charge < -0.3 is 0 Å². The molecule has 6 heteroatoms. The second kappa shape index (κ2) is 8.18. The van der Waals surface area contributed by atoms with Crippen LogP contribution in [0.25, 0.3) is 6.08 Å². The highest BCUT2D eigenvalue weighted by molar-refractivity contribution is 7.89. The molecule has 2 aromatic carbocycles. The summed E-state index contributed by atoms with van der Waals surface area (Å²) in [6.45, 7) is 4.32. The van der Waals surface area contributed by atoms with Crippen LogP contribution in [0.1, 0.15) is 29.8 Å². The molecule has 0 aliphatic heterocycles. The summed E-state index contributed by atoms with van der Waals surface area (Å²) in [7, 11) is -3.54. The number of rotatable bonds is 7. The fourth-order valence-electron chi connectivity index (χ4n) is 2.38. The molecule has 2 rings (SSSR count). The van der Waals surface area contributed by atoms with Crippen molar-refractivity contribution in [2.45, 2.75) is 18.7 Å². The molecule has 0 aliphatic carbocycles. The van der Waals surface area contributed by atoms with Gasteiger partial charge in [0.15, 0.2) is 5.78 Å². The van der Waals surface area contributed by atoms with Crippen molar-refractivity contribution < 1.29 is 17.6 Å². The summed E-state index contributed by atoms with van der Waals surface area (Å²) >= 11 is 0. The van der Waals surface area contributed by atoms with Gasteiger partial charge in [0.25, 0.3) is 0 Å². The first kappa shape index (κ1) is 19.0. The van der Waals surface area contributed by atoms with Gasteiger partial charge in [0.1, 0.15) is 5.82 Å². The number of allylic oxidation sites excluding steroid dienone is 1. The number of halogens is 1. The molecule has 25 heavy (non-hydrogen) atoms. The van der Waals surface area contributed by atoms with Crippen molar-refractivity contribution in [3.63, 3.8) is 0 Å². The van der Waals surface area contributed by atoms with Gasteiger partial charge in [0, 0.05) is 18.7 Å². The average Bonchev–Trinajstić information content (AvgIpc) is 2.60. The summed E-state index contributed by atoms with van der Waals surface area (Å²) in [5, 5.41) is 0. The Kier molecular flexibility index (Phi) is 6.22. The lowest BCUT2D eigenvalue weighted by Gasteiger charge is -2.18. The topological polar surface area (TPSA) is 54.5 Å². The lowest BCUT2D eigenvalue weighted by atomic mass is 10.1. The molecular weight excluding hydrogens is 341 g/mol. The van der Waals surface area contributed by atoms with Gasteiger partial charge in [0.05, 0.1) is 4.90 Å². The smallest absolute Gasteiger partial charge is 0.243 e. The van der Waals surface area contributed by atoms with Crippen LogP contribution in [0, 0.1) is 5.82 Å². The van der Waals surface area contributed by atoms with Crippen LogP contribution in [0.15, 0.2) is 59.5 Å². The Morgan fingerprint density at radius 3 is 2.28 bits per heavy atom. The zero-order chi connectivity index (χ0) is 18.4. The molecule has 0 radical (unpaired) electrons. The van der Waals surface area contributed by atoms with Crippen molar-refractivity contribution in [3.8, 4) is 0 Å². The van der Waals surface area contributed by atoms with Crippen LogP contribution in [0.4, 0.5) is 4.39 Å². The number of hydrogen-bond acceptors (Lipinski definition) is 3. The van der Waals surface area contributed by atoms with Crippen LogP contribution >= 0.6 is 0 Å². The fourth-order valence-corrected chi connectivity index (χ4v) is 3.84. The Balaban J connectivity index is 2.18. The Morgan fingerprint density at radius 1 is 1.08 bits per heavy atom. The van der Waals surface area contributed by atoms with E-state index in [1.807, 2.05) is 0 Å². The van der Waals surface area contributed by atoms with Gasteiger partial charge in [-0.3, -0.25) is 4.79 Å². The molecule has 4 nitrogen and oxygen atoms in total. The third-order valence-electron chi connectivity index (χ3n) is 3.76. The minimum Gasteiger partial charge on any atom is -0.289 e. The molecule has 0 heterocycles. The van der Waals surface area contributed by atoms with Gasteiger partial charge in [-0.15, -0.1) is 0 Å². The molecule has 132 valence electrons. The lowest BCUT2D eigenvalue weighted by Crippen LogP contribution is -2.30. The van der Waals surface area contributed by atoms with Crippen molar-refractivity contribution in [2.24, 2.45) is 0 Å². The van der Waals surface area contributed by atoms with Crippen molar-refractivity contribution in [3.05, 3.63) is 71.6 Å². The molecule has 0 atom stereocenters. The highest BCUT2D eigenvalue weighted by Gasteiger charge is 2.21. The zero-order valence-corrected chi connectivity index (χ0v) is 15.0. The van der Waals surface area contributed by atoms with Crippen LogP contribution in [0.3, 0.4) is 0 Å². The highest BCUT2D eigenvalue weighted by Crippen LogP contribution is 2.17. The summed E-state index contributed by atoms with van der Waals surface area (Å²) in [6.07, 6.45) is 2.86. The van der Waals surface area contributed by atoms with Crippen LogP contribution in [0.2, 0.25) is 0 Å². The number of ketones is 1. The van der Waals surface area contributed by atoms with E-state index in [0.717, 1.165) is 0 Å². The molecule has 0 unspecified atom stereocenters. The standard InChI is InChI=1S/C19H20FNO3S/c1-3-21(4-2)25(23,24)18-11-9-16(10-12-18)19(22)13-8-15-6-5-7-17(20)14-15/h5-14H,3-4H2,1-2H3/b13-8+. The van der Waals surface area contributed by atoms with E-state index in [9.17, 15) is 17.6 Å². The van der Waals surface area contributed by atoms with E-state index in [4.69, 9.17) is 0 Å². The minimum absolute atomic E-state index is 0.155. The Morgan fingerprint density at radius 2 is 1.72 bits per heavy atom. The minimum atomic E-state index is -3.54. The molecule has 0 spiro atoms. The number of carbonyl (C=O) groups is 1. The van der Waals surface area contributed by atoms with Crippen molar-refractivity contribution >= 4 is 21.9 Å². The normalized spacial score (nSPS) is 12.0. The predicted octanol–water partition coefficient (Wildman–Crippen LogP) is 3.75. The first-order valence-electron chi connectivity index (χ1n) is 7.96. The number of nitrogens with zero attached hydrogens (tertiary/aromatic N) is 1. The van der Waals surface area contributed by atoms with E-state index in [0.29, 0.717) is 24.2 Å². The van der Waals surface area contributed by atoms with Crippen molar-refractivity contribution in [2.75, 3.05) is 13.1 Å². The summed E-state index contributed by atoms with van der Waals surface area (Å²) in [5.74, 6) is -0.656. The van der Waals surface area contributed by atoms with E-state index in [1.165, 1.54) is 52.9 Å². The second-order valence-corrected chi connectivity index (χ2v) is 7.30. The number of hydrogen-bond donors (Lipinski definition) is 0. The van der Waals surface area contributed by atoms with Crippen molar-refractivity contribution in [1.82, 2.24) is 4.31 Å². The van der Waals surface area contributed by atoms with Crippen LogP contribution in [0.5, 0.6) is 0 Å². The largest absolute Gasteiger partial charge is 0.289 e. The number of benzene rings is 2. The van der Waals surface area contributed by atoms with Crippen LogP contribution in [-0.4, -0.2) is 31.6 Å². The molecule has 0 N–H and O–H groups in total. The highest BCUT2D eigenvalue weighted by atomic mass is 32.2. The number of sulfonamides is 1. The van der Waals surface area contributed by atoms with Gasteiger partial charge in [0.2, 0.25) is 10.0 Å². The molecule has 0 amide bonds. The second-order valence-electron chi connectivity index (χ2n) is 5.37. The van der Waals surface area contributed by atoms with Crippen LogP contribution < -0.4 is 0 Å². The third kappa shape index (κ3) is 4.61. The fraction of sp³-hybridized carbons (Fsp3) is 0.211. The lowest BCUT2D eigenvalue weighted by molar-refractivity contribution is 0.104. The van der Waals surface area contributed by atoms with E-state index >= 15 is 0 Å². The quantitative estimate of drug-likeness (QED) is 0.557. The van der Waals surface area contributed by atoms with Gasteiger partial charge in [-0.05, 0) is 48.0 Å². The van der Waals surface area contributed by atoms with Gasteiger partial charge >= 0.3 is 0 Å². The Bertz CT molecular complexity index is 870. The van der Waals surface area contributed by atoms with Crippen molar-refractivity contribution in [1.29, 1.82) is 0 Å². The molecule has 0 saturated heterocycles. The van der Waals surface area contributed by atoms with E-state index in [2.05, 4.69) is 0 Å². The summed E-state index contributed by atoms with van der Waals surface area (Å²) < 4.78 is 39.3. The maximum absolute atomic E-state index is 13.1.